The van der Waals surface area contributed by atoms with E-state index < -0.39 is 0 Å². The molecular formula is C18H25ClN4O. The molecule has 5 nitrogen and oxygen atoms in total. The highest BCUT2D eigenvalue weighted by Gasteiger charge is 2.21. The third-order valence-electron chi connectivity index (χ3n) is 4.25. The molecule has 1 fully saturated rings. The standard InChI is InChI=1S/C18H24N4O.ClH/c1-22(2)18-20-12-15(13-7-9-14(23-3)10-8-13)17(21-18)16-6-4-5-11-19-16;/h7-10,12,16,19H,4-6,11H2,1-3H3;1H. The lowest BCUT2D eigenvalue weighted by Crippen LogP contribution is -2.28. The van der Waals surface area contributed by atoms with Crippen molar-refractivity contribution in [2.75, 3.05) is 32.6 Å². The molecule has 0 amide bonds. The minimum absolute atomic E-state index is 0. The van der Waals surface area contributed by atoms with Crippen molar-refractivity contribution < 1.29 is 4.74 Å². The van der Waals surface area contributed by atoms with Crippen LogP contribution in [0.2, 0.25) is 0 Å². The maximum Gasteiger partial charge on any atom is 0.225 e. The van der Waals surface area contributed by atoms with E-state index in [9.17, 15) is 0 Å². The normalized spacial score (nSPS) is 17.0. The Morgan fingerprint density at radius 1 is 1.17 bits per heavy atom. The van der Waals surface area contributed by atoms with Gasteiger partial charge < -0.3 is 15.0 Å². The highest BCUT2D eigenvalue weighted by molar-refractivity contribution is 5.85. The Labute approximate surface area is 149 Å². The molecule has 1 aliphatic heterocycles. The van der Waals surface area contributed by atoms with Gasteiger partial charge in [-0.1, -0.05) is 18.6 Å². The van der Waals surface area contributed by atoms with Crippen molar-refractivity contribution in [1.29, 1.82) is 0 Å². The molecule has 6 heteroatoms. The second-order valence-electron chi connectivity index (χ2n) is 6.09. The summed E-state index contributed by atoms with van der Waals surface area (Å²) >= 11 is 0. The zero-order valence-electron chi connectivity index (χ0n) is 14.5. The molecule has 24 heavy (non-hydrogen) atoms. The molecule has 0 radical (unpaired) electrons. The number of hydrogen-bond donors (Lipinski definition) is 1. The zero-order chi connectivity index (χ0) is 16.2. The van der Waals surface area contributed by atoms with E-state index in [1.807, 2.05) is 37.3 Å². The van der Waals surface area contributed by atoms with Crippen molar-refractivity contribution in [2.45, 2.75) is 25.3 Å². The van der Waals surface area contributed by atoms with Crippen LogP contribution in [0.1, 0.15) is 31.0 Å². The number of ether oxygens (including phenoxy) is 1. The van der Waals surface area contributed by atoms with Gasteiger partial charge in [-0.15, -0.1) is 12.4 Å². The van der Waals surface area contributed by atoms with E-state index in [4.69, 9.17) is 9.72 Å². The Kier molecular flexibility index (Phi) is 6.40. The summed E-state index contributed by atoms with van der Waals surface area (Å²) in [7, 11) is 5.63. The van der Waals surface area contributed by atoms with E-state index in [-0.39, 0.29) is 12.4 Å². The predicted octanol–water partition coefficient (Wildman–Crippen LogP) is 3.45. The van der Waals surface area contributed by atoms with Crippen molar-refractivity contribution in [1.82, 2.24) is 15.3 Å². The Morgan fingerprint density at radius 2 is 1.92 bits per heavy atom. The topological polar surface area (TPSA) is 50.3 Å². The number of methoxy groups -OCH3 is 1. The molecule has 2 aromatic rings. The van der Waals surface area contributed by atoms with Crippen molar-refractivity contribution >= 4 is 18.4 Å². The molecule has 0 spiro atoms. The number of benzene rings is 1. The van der Waals surface area contributed by atoms with E-state index in [1.165, 1.54) is 12.8 Å². The fraction of sp³-hybridized carbons (Fsp3) is 0.444. The van der Waals surface area contributed by atoms with Crippen LogP contribution in [0.4, 0.5) is 5.95 Å². The van der Waals surface area contributed by atoms with E-state index in [0.29, 0.717) is 6.04 Å². The van der Waals surface area contributed by atoms with Gasteiger partial charge in [-0.2, -0.15) is 0 Å². The molecule has 2 heterocycles. The summed E-state index contributed by atoms with van der Waals surface area (Å²) in [5, 5.41) is 3.60. The first-order valence-electron chi connectivity index (χ1n) is 8.11. The van der Waals surface area contributed by atoms with Crippen LogP contribution in [-0.2, 0) is 0 Å². The summed E-state index contributed by atoms with van der Waals surface area (Å²) in [4.78, 5) is 11.3. The lowest BCUT2D eigenvalue weighted by Gasteiger charge is -2.26. The van der Waals surface area contributed by atoms with Crippen LogP contribution in [0.3, 0.4) is 0 Å². The van der Waals surface area contributed by atoms with Crippen molar-refractivity contribution in [3.05, 3.63) is 36.2 Å². The average molecular weight is 349 g/mol. The number of hydrogen-bond acceptors (Lipinski definition) is 5. The van der Waals surface area contributed by atoms with Crippen LogP contribution in [0.25, 0.3) is 11.1 Å². The van der Waals surface area contributed by atoms with E-state index >= 15 is 0 Å². The highest BCUT2D eigenvalue weighted by atomic mass is 35.5. The van der Waals surface area contributed by atoms with Crippen LogP contribution in [-0.4, -0.2) is 37.7 Å². The molecule has 1 aliphatic rings. The number of nitrogens with zero attached hydrogens (tertiary/aromatic N) is 3. The summed E-state index contributed by atoms with van der Waals surface area (Å²) in [5.41, 5.74) is 3.31. The first kappa shape index (κ1) is 18.5. The minimum Gasteiger partial charge on any atom is -0.497 e. The van der Waals surface area contributed by atoms with Crippen LogP contribution < -0.4 is 15.0 Å². The number of aromatic nitrogens is 2. The molecule has 0 aliphatic carbocycles. The van der Waals surface area contributed by atoms with Gasteiger partial charge in [0.2, 0.25) is 5.95 Å². The Balaban J connectivity index is 0.00000208. The fourth-order valence-electron chi connectivity index (χ4n) is 2.94. The smallest absolute Gasteiger partial charge is 0.225 e. The van der Waals surface area contributed by atoms with Gasteiger partial charge in [0, 0.05) is 25.9 Å². The Hall–Kier alpha value is -1.85. The number of halogens is 1. The van der Waals surface area contributed by atoms with Crippen molar-refractivity contribution in [3.63, 3.8) is 0 Å². The van der Waals surface area contributed by atoms with Crippen LogP contribution in [0.5, 0.6) is 5.75 Å². The first-order chi connectivity index (χ1) is 11.2. The van der Waals surface area contributed by atoms with Gasteiger partial charge >= 0.3 is 0 Å². The second-order valence-corrected chi connectivity index (χ2v) is 6.09. The molecule has 1 unspecified atom stereocenters. The average Bonchev–Trinajstić information content (AvgIpc) is 2.62. The number of piperidine rings is 1. The van der Waals surface area contributed by atoms with E-state index in [0.717, 1.165) is 41.5 Å². The van der Waals surface area contributed by atoms with Crippen molar-refractivity contribution in [2.24, 2.45) is 0 Å². The van der Waals surface area contributed by atoms with Crippen molar-refractivity contribution in [3.8, 4) is 16.9 Å². The van der Waals surface area contributed by atoms with Gasteiger partial charge in [0.25, 0.3) is 0 Å². The van der Waals surface area contributed by atoms with Gasteiger partial charge in [0.15, 0.2) is 0 Å². The van der Waals surface area contributed by atoms with Crippen LogP contribution in [0.15, 0.2) is 30.5 Å². The summed E-state index contributed by atoms with van der Waals surface area (Å²) in [6, 6.07) is 8.39. The fourth-order valence-corrected chi connectivity index (χ4v) is 2.94. The maximum absolute atomic E-state index is 5.25. The monoisotopic (exact) mass is 348 g/mol. The lowest BCUT2D eigenvalue weighted by molar-refractivity contribution is 0.405. The van der Waals surface area contributed by atoms with Gasteiger partial charge in [-0.05, 0) is 37.1 Å². The summed E-state index contributed by atoms with van der Waals surface area (Å²) in [6.45, 7) is 1.05. The summed E-state index contributed by atoms with van der Waals surface area (Å²) in [5.74, 6) is 1.61. The highest BCUT2D eigenvalue weighted by Crippen LogP contribution is 2.32. The third-order valence-corrected chi connectivity index (χ3v) is 4.25. The Morgan fingerprint density at radius 3 is 2.50 bits per heavy atom. The SMILES string of the molecule is COc1ccc(-c2cnc(N(C)C)nc2C2CCCCN2)cc1.Cl. The zero-order valence-corrected chi connectivity index (χ0v) is 15.3. The molecule has 1 saturated heterocycles. The van der Waals surface area contributed by atoms with Gasteiger partial charge in [0.05, 0.1) is 18.8 Å². The lowest BCUT2D eigenvalue weighted by atomic mass is 9.95. The summed E-state index contributed by atoms with van der Waals surface area (Å²) in [6.07, 6.45) is 5.53. The summed E-state index contributed by atoms with van der Waals surface area (Å²) < 4.78 is 5.25. The molecular weight excluding hydrogens is 324 g/mol. The Bertz CT molecular complexity index is 655. The molecule has 1 atom stereocenters. The molecule has 1 N–H and O–H groups in total. The third kappa shape index (κ3) is 3.97. The van der Waals surface area contributed by atoms with Gasteiger partial charge in [-0.25, -0.2) is 9.97 Å². The van der Waals surface area contributed by atoms with Crippen LogP contribution >= 0.6 is 12.4 Å². The molecule has 130 valence electrons. The second kappa shape index (κ2) is 8.31. The number of nitrogens with one attached hydrogen (secondary N) is 1. The molecule has 1 aromatic carbocycles. The van der Waals surface area contributed by atoms with Gasteiger partial charge in [0.1, 0.15) is 5.75 Å². The predicted molar refractivity (Wildman–Crippen MR) is 100 cm³/mol. The minimum atomic E-state index is 0. The molecule has 0 saturated carbocycles. The first-order valence-corrected chi connectivity index (χ1v) is 8.11. The van der Waals surface area contributed by atoms with E-state index in [1.54, 1.807) is 7.11 Å². The molecule has 3 rings (SSSR count). The quantitative estimate of drug-likeness (QED) is 0.917. The molecule has 0 bridgehead atoms. The van der Waals surface area contributed by atoms with Gasteiger partial charge in [-0.3, -0.25) is 0 Å². The largest absolute Gasteiger partial charge is 0.497 e. The maximum atomic E-state index is 5.25. The number of rotatable bonds is 4. The van der Waals surface area contributed by atoms with E-state index in [2.05, 4.69) is 22.4 Å². The van der Waals surface area contributed by atoms with Crippen LogP contribution in [0, 0.1) is 0 Å². The number of anilines is 1. The molecule has 1 aromatic heterocycles.